The maximum Gasteiger partial charge on any atom is 0.261 e. The van der Waals surface area contributed by atoms with Crippen LogP contribution in [0.2, 0.25) is 0 Å². The van der Waals surface area contributed by atoms with Crippen LogP contribution in [-0.4, -0.2) is 28.7 Å². The monoisotopic (exact) mass is 306 g/mol. The lowest BCUT2D eigenvalue weighted by molar-refractivity contribution is 0.145. The van der Waals surface area contributed by atoms with Crippen LogP contribution in [0.15, 0.2) is 23.1 Å². The molecule has 0 amide bonds. The molecule has 0 aliphatic rings. The van der Waals surface area contributed by atoms with E-state index in [1.807, 2.05) is 13.8 Å². The highest BCUT2D eigenvalue weighted by atomic mass is 35.7. The molecule has 0 aromatic heterocycles. The van der Waals surface area contributed by atoms with Gasteiger partial charge in [0.2, 0.25) is 0 Å². The number of benzene rings is 1. The molecule has 1 rings (SSSR count). The van der Waals surface area contributed by atoms with Crippen LogP contribution in [0.1, 0.15) is 31.7 Å². The van der Waals surface area contributed by atoms with Crippen LogP contribution >= 0.6 is 10.7 Å². The Morgan fingerprint density at radius 1 is 1.32 bits per heavy atom. The number of hydrogen-bond donors (Lipinski definition) is 0. The Morgan fingerprint density at radius 2 is 2.00 bits per heavy atom. The molecule has 0 radical (unpaired) electrons. The highest BCUT2D eigenvalue weighted by Gasteiger charge is 2.16. The quantitative estimate of drug-likeness (QED) is 0.573. The molecule has 0 fully saturated rings. The fraction of sp³-hybridized carbons (Fsp3) is 0.538. The van der Waals surface area contributed by atoms with Crippen molar-refractivity contribution in [2.45, 2.75) is 31.1 Å². The summed E-state index contributed by atoms with van der Waals surface area (Å²) in [4.78, 5) is 0.101. The summed E-state index contributed by atoms with van der Waals surface area (Å²) in [7, 11) is 3.25. The zero-order valence-electron chi connectivity index (χ0n) is 11.3. The van der Waals surface area contributed by atoms with Crippen molar-refractivity contribution in [1.82, 2.24) is 0 Å². The van der Waals surface area contributed by atoms with Crippen molar-refractivity contribution in [3.8, 4) is 5.75 Å². The number of methoxy groups -OCH3 is 1. The smallest absolute Gasteiger partial charge is 0.261 e. The molecule has 0 saturated carbocycles. The molecule has 1 unspecified atom stereocenters. The first-order valence-corrected chi connectivity index (χ1v) is 8.41. The van der Waals surface area contributed by atoms with E-state index in [4.69, 9.17) is 20.2 Å². The van der Waals surface area contributed by atoms with Crippen LogP contribution in [0, 0.1) is 0 Å². The third kappa shape index (κ3) is 4.67. The third-order valence-corrected chi connectivity index (χ3v) is 4.30. The van der Waals surface area contributed by atoms with Gasteiger partial charge >= 0.3 is 0 Å². The Bertz CT molecular complexity index is 513. The zero-order chi connectivity index (χ0) is 14.5. The van der Waals surface area contributed by atoms with Crippen molar-refractivity contribution >= 4 is 19.7 Å². The van der Waals surface area contributed by atoms with Crippen LogP contribution in [0.25, 0.3) is 0 Å². The molecule has 0 aliphatic heterocycles. The van der Waals surface area contributed by atoms with Gasteiger partial charge in [0.1, 0.15) is 12.4 Å². The molecule has 1 atom stereocenters. The maximum absolute atomic E-state index is 11.4. The van der Waals surface area contributed by atoms with Crippen LogP contribution in [-0.2, 0) is 13.8 Å². The first-order valence-electron chi connectivity index (χ1n) is 6.10. The van der Waals surface area contributed by atoms with Gasteiger partial charge in [0.25, 0.3) is 9.05 Å². The van der Waals surface area contributed by atoms with Crippen molar-refractivity contribution in [1.29, 1.82) is 0 Å². The minimum Gasteiger partial charge on any atom is -0.491 e. The largest absolute Gasteiger partial charge is 0.491 e. The fourth-order valence-electron chi connectivity index (χ4n) is 1.65. The Hall–Kier alpha value is -0.780. The predicted molar refractivity (Wildman–Crippen MR) is 75.6 cm³/mol. The molecule has 0 spiro atoms. The second-order valence-electron chi connectivity index (χ2n) is 4.29. The van der Waals surface area contributed by atoms with Gasteiger partial charge in [0.15, 0.2) is 0 Å². The standard InChI is InChI=1S/C13H19ClO4S/c1-4-10(2)12-9-11(19(14,15)16)5-6-13(12)18-8-7-17-3/h5-6,9-10H,4,7-8H2,1-3H3. The summed E-state index contributed by atoms with van der Waals surface area (Å²) in [6.07, 6.45) is 0.881. The molecule has 0 saturated heterocycles. The lowest BCUT2D eigenvalue weighted by Crippen LogP contribution is -2.07. The highest BCUT2D eigenvalue weighted by Crippen LogP contribution is 2.32. The maximum atomic E-state index is 11.4. The van der Waals surface area contributed by atoms with Crippen molar-refractivity contribution in [2.75, 3.05) is 20.3 Å². The number of rotatable bonds is 7. The molecule has 0 heterocycles. The fourth-order valence-corrected chi connectivity index (χ4v) is 2.44. The average molecular weight is 307 g/mol. The van der Waals surface area contributed by atoms with Crippen molar-refractivity contribution in [3.05, 3.63) is 23.8 Å². The van der Waals surface area contributed by atoms with Crippen molar-refractivity contribution in [2.24, 2.45) is 0 Å². The Labute approximate surface area is 119 Å². The molecule has 0 bridgehead atoms. The molecule has 0 aliphatic carbocycles. The van der Waals surface area contributed by atoms with E-state index in [0.717, 1.165) is 12.0 Å². The average Bonchev–Trinajstić information content (AvgIpc) is 2.37. The normalized spacial score (nSPS) is 13.3. The van der Waals surface area contributed by atoms with E-state index in [2.05, 4.69) is 0 Å². The summed E-state index contributed by atoms with van der Waals surface area (Å²) in [6.45, 7) is 4.96. The Balaban J connectivity index is 3.10. The minimum atomic E-state index is -3.72. The lowest BCUT2D eigenvalue weighted by Gasteiger charge is -2.16. The van der Waals surface area contributed by atoms with Crippen molar-refractivity contribution in [3.63, 3.8) is 0 Å². The molecule has 108 valence electrons. The Kier molecular flexibility index (Phi) is 6.10. The summed E-state index contributed by atoms with van der Waals surface area (Å²) in [5, 5.41) is 0. The molecule has 4 nitrogen and oxygen atoms in total. The van der Waals surface area contributed by atoms with E-state index in [0.29, 0.717) is 19.0 Å². The van der Waals surface area contributed by atoms with Gasteiger partial charge in [-0.05, 0) is 36.1 Å². The second kappa shape index (κ2) is 7.12. The zero-order valence-corrected chi connectivity index (χ0v) is 12.9. The topological polar surface area (TPSA) is 52.6 Å². The number of halogens is 1. The SMILES string of the molecule is CCC(C)c1cc(S(=O)(=O)Cl)ccc1OCCOC. The molecule has 19 heavy (non-hydrogen) atoms. The van der Waals surface area contributed by atoms with Crippen LogP contribution < -0.4 is 4.74 Å². The molecular formula is C13H19ClO4S. The molecular weight excluding hydrogens is 288 g/mol. The van der Waals surface area contributed by atoms with Gasteiger partial charge in [0, 0.05) is 17.8 Å². The van der Waals surface area contributed by atoms with Gasteiger partial charge in [-0.15, -0.1) is 0 Å². The molecule has 6 heteroatoms. The molecule has 1 aromatic carbocycles. The summed E-state index contributed by atoms with van der Waals surface area (Å²) in [6, 6.07) is 4.68. The first kappa shape index (κ1) is 16.3. The third-order valence-electron chi connectivity index (χ3n) is 2.95. The summed E-state index contributed by atoms with van der Waals surface area (Å²) < 4.78 is 33.3. The lowest BCUT2D eigenvalue weighted by atomic mass is 9.98. The first-order chi connectivity index (χ1) is 8.90. The summed E-state index contributed by atoms with van der Waals surface area (Å²) in [5.74, 6) is 0.867. The second-order valence-corrected chi connectivity index (χ2v) is 6.85. The van der Waals surface area contributed by atoms with Crippen LogP contribution in [0.3, 0.4) is 0 Å². The minimum absolute atomic E-state index is 0.101. The van der Waals surface area contributed by atoms with E-state index in [1.165, 1.54) is 6.07 Å². The van der Waals surface area contributed by atoms with Gasteiger partial charge < -0.3 is 9.47 Å². The van der Waals surface area contributed by atoms with E-state index in [1.54, 1.807) is 19.2 Å². The van der Waals surface area contributed by atoms with Crippen LogP contribution in [0.4, 0.5) is 0 Å². The van der Waals surface area contributed by atoms with E-state index in [-0.39, 0.29) is 10.8 Å². The van der Waals surface area contributed by atoms with Crippen LogP contribution in [0.5, 0.6) is 5.75 Å². The Morgan fingerprint density at radius 3 is 2.53 bits per heavy atom. The number of ether oxygens (including phenoxy) is 2. The van der Waals surface area contributed by atoms with E-state index in [9.17, 15) is 8.42 Å². The van der Waals surface area contributed by atoms with E-state index >= 15 is 0 Å². The number of hydrogen-bond acceptors (Lipinski definition) is 4. The van der Waals surface area contributed by atoms with Gasteiger partial charge in [-0.2, -0.15) is 0 Å². The highest BCUT2D eigenvalue weighted by molar-refractivity contribution is 8.13. The van der Waals surface area contributed by atoms with Gasteiger partial charge in [0.05, 0.1) is 11.5 Å². The molecule has 0 N–H and O–H groups in total. The molecule has 1 aromatic rings. The van der Waals surface area contributed by atoms with Gasteiger partial charge in [-0.3, -0.25) is 0 Å². The predicted octanol–water partition coefficient (Wildman–Crippen LogP) is 3.15. The van der Waals surface area contributed by atoms with E-state index < -0.39 is 9.05 Å². The van der Waals surface area contributed by atoms with Gasteiger partial charge in [-0.25, -0.2) is 8.42 Å². The summed E-state index contributed by atoms with van der Waals surface area (Å²) in [5.41, 5.74) is 0.848. The van der Waals surface area contributed by atoms with Crippen molar-refractivity contribution < 1.29 is 17.9 Å². The summed E-state index contributed by atoms with van der Waals surface area (Å²) >= 11 is 0. The van der Waals surface area contributed by atoms with Gasteiger partial charge in [-0.1, -0.05) is 13.8 Å².